The Bertz CT molecular complexity index is 931. The van der Waals surface area contributed by atoms with Gasteiger partial charge in [-0.1, -0.05) is 24.3 Å². The molecule has 1 amide bonds. The molecule has 0 saturated carbocycles. The van der Waals surface area contributed by atoms with E-state index in [2.05, 4.69) is 5.32 Å². The number of phenolic OH excluding ortho intramolecular Hbond substituents is 4. The number of carbonyl (C=O) groups is 2. The minimum atomic E-state index is -1.24. The fraction of sp³-hybridized carbons (Fsp3) is 0.333. The predicted octanol–water partition coefficient (Wildman–Crippen LogP) is 3.00. The smallest absolute Gasteiger partial charge is 0.408 e. The zero-order valence-electron chi connectivity index (χ0n) is 17.1. The Hall–Kier alpha value is -3.62. The molecule has 30 heavy (non-hydrogen) atoms. The zero-order valence-corrected chi connectivity index (χ0v) is 17.1. The summed E-state index contributed by atoms with van der Waals surface area (Å²) >= 11 is 0. The summed E-state index contributed by atoms with van der Waals surface area (Å²) in [6.07, 6.45) is -0.886. The highest BCUT2D eigenvalue weighted by Crippen LogP contribution is 2.50. The van der Waals surface area contributed by atoms with Crippen LogP contribution in [0.25, 0.3) is 11.1 Å². The number of aromatic hydroxyl groups is 4. The Balaban J connectivity index is 2.25. The predicted molar refractivity (Wildman–Crippen MR) is 108 cm³/mol. The number of rotatable bonds is 5. The van der Waals surface area contributed by atoms with E-state index in [1.165, 1.54) is 19.1 Å². The van der Waals surface area contributed by atoms with Crippen molar-refractivity contribution in [3.05, 3.63) is 35.4 Å². The largest absolute Gasteiger partial charge is 0.507 e. The third-order valence-electron chi connectivity index (χ3n) is 4.30. The van der Waals surface area contributed by atoms with Gasteiger partial charge in [0.25, 0.3) is 0 Å². The van der Waals surface area contributed by atoms with Crippen LogP contribution in [-0.4, -0.2) is 49.2 Å². The summed E-state index contributed by atoms with van der Waals surface area (Å²) in [5.74, 6) is -3.69. The summed E-state index contributed by atoms with van der Waals surface area (Å²) in [5, 5.41) is 51.6. The van der Waals surface area contributed by atoms with Crippen LogP contribution >= 0.6 is 0 Å². The van der Waals surface area contributed by atoms with Gasteiger partial charge < -0.3 is 35.6 Å². The summed E-state index contributed by atoms with van der Waals surface area (Å²) in [5.41, 5.74) is 0.0417. The van der Waals surface area contributed by atoms with Crippen molar-refractivity contribution in [3.63, 3.8) is 0 Å². The number of carboxylic acid groups (broad SMARTS) is 1. The Labute approximate surface area is 173 Å². The van der Waals surface area contributed by atoms with Crippen LogP contribution < -0.4 is 5.32 Å². The molecule has 6 N–H and O–H groups in total. The summed E-state index contributed by atoms with van der Waals surface area (Å²) in [6, 6.07) is 4.89. The third kappa shape index (κ3) is 5.05. The Kier molecular flexibility index (Phi) is 6.35. The first-order chi connectivity index (χ1) is 13.8. The molecule has 0 saturated heterocycles. The number of ether oxygens (including phenoxy) is 1. The second kappa shape index (κ2) is 8.40. The van der Waals surface area contributed by atoms with Gasteiger partial charge in [-0.15, -0.1) is 0 Å². The van der Waals surface area contributed by atoms with Gasteiger partial charge in [0.05, 0.1) is 5.56 Å². The van der Waals surface area contributed by atoms with Crippen molar-refractivity contribution in [2.75, 3.05) is 0 Å². The zero-order chi connectivity index (χ0) is 22.8. The molecule has 162 valence electrons. The van der Waals surface area contributed by atoms with Crippen LogP contribution in [0.15, 0.2) is 24.3 Å². The standard InChI is InChI=1S/C21H25NO8/c1-10-15(23)14(17(25)18(26)16(10)24)12-7-5-11(6-8-12)9-13(19(27)28)22-20(29)30-21(2,3)4/h5-8,13,23-26H,9H2,1-4H3,(H,22,29)(H,27,28). The SMILES string of the molecule is Cc1c(O)c(O)c(O)c(-c2ccc(CC(NC(=O)OC(C)(C)C)C(=O)O)cc2)c1O. The van der Waals surface area contributed by atoms with E-state index in [9.17, 15) is 35.1 Å². The van der Waals surface area contributed by atoms with Crippen LogP contribution in [-0.2, 0) is 16.0 Å². The highest BCUT2D eigenvalue weighted by atomic mass is 16.6. The fourth-order valence-corrected chi connectivity index (χ4v) is 2.79. The molecule has 9 nitrogen and oxygen atoms in total. The molecule has 0 radical (unpaired) electrons. The number of amides is 1. The van der Waals surface area contributed by atoms with Gasteiger partial charge in [-0.3, -0.25) is 0 Å². The molecule has 0 aliphatic heterocycles. The lowest BCUT2D eigenvalue weighted by Crippen LogP contribution is -2.44. The Morgan fingerprint density at radius 1 is 0.967 bits per heavy atom. The third-order valence-corrected chi connectivity index (χ3v) is 4.30. The van der Waals surface area contributed by atoms with E-state index >= 15 is 0 Å². The Morgan fingerprint density at radius 3 is 2.03 bits per heavy atom. The first kappa shape index (κ1) is 22.7. The Morgan fingerprint density at radius 2 is 1.53 bits per heavy atom. The van der Waals surface area contributed by atoms with Crippen LogP contribution in [0.4, 0.5) is 4.79 Å². The van der Waals surface area contributed by atoms with E-state index in [1.807, 2.05) is 0 Å². The molecule has 2 aromatic rings. The first-order valence-electron chi connectivity index (χ1n) is 9.10. The maximum Gasteiger partial charge on any atom is 0.408 e. The molecule has 0 bridgehead atoms. The maximum atomic E-state index is 11.9. The molecule has 1 unspecified atom stereocenters. The van der Waals surface area contributed by atoms with Gasteiger partial charge in [-0.25, -0.2) is 9.59 Å². The second-order valence-electron chi connectivity index (χ2n) is 7.83. The molecule has 0 spiro atoms. The quantitative estimate of drug-likeness (QED) is 0.319. The number of hydrogen-bond acceptors (Lipinski definition) is 7. The molecule has 2 aromatic carbocycles. The van der Waals surface area contributed by atoms with E-state index in [-0.39, 0.29) is 17.5 Å². The topological polar surface area (TPSA) is 157 Å². The molecule has 9 heteroatoms. The van der Waals surface area contributed by atoms with Crippen molar-refractivity contribution in [1.29, 1.82) is 0 Å². The highest BCUT2D eigenvalue weighted by Gasteiger charge is 2.25. The molecule has 0 aliphatic carbocycles. The van der Waals surface area contributed by atoms with Gasteiger partial charge in [-0.05, 0) is 38.8 Å². The normalized spacial score (nSPS) is 12.3. The van der Waals surface area contributed by atoms with E-state index in [0.717, 1.165) is 0 Å². The van der Waals surface area contributed by atoms with E-state index in [0.29, 0.717) is 11.1 Å². The lowest BCUT2D eigenvalue weighted by Gasteiger charge is -2.22. The van der Waals surface area contributed by atoms with Crippen LogP contribution in [0.1, 0.15) is 31.9 Å². The van der Waals surface area contributed by atoms with Crippen molar-refractivity contribution >= 4 is 12.1 Å². The monoisotopic (exact) mass is 419 g/mol. The number of hydrogen-bond donors (Lipinski definition) is 6. The molecule has 0 aliphatic rings. The summed E-state index contributed by atoms with van der Waals surface area (Å²) in [4.78, 5) is 23.4. The second-order valence-corrected chi connectivity index (χ2v) is 7.83. The van der Waals surface area contributed by atoms with Gasteiger partial charge >= 0.3 is 12.1 Å². The van der Waals surface area contributed by atoms with Crippen LogP contribution in [0.2, 0.25) is 0 Å². The van der Waals surface area contributed by atoms with Crippen LogP contribution in [0, 0.1) is 6.92 Å². The van der Waals surface area contributed by atoms with Gasteiger partial charge in [0.2, 0.25) is 5.75 Å². The molecule has 0 heterocycles. The maximum absolute atomic E-state index is 11.9. The van der Waals surface area contributed by atoms with Crippen molar-refractivity contribution in [3.8, 4) is 34.1 Å². The summed E-state index contributed by atoms with van der Waals surface area (Å²) < 4.78 is 5.08. The summed E-state index contributed by atoms with van der Waals surface area (Å²) in [7, 11) is 0. The average Bonchev–Trinajstić information content (AvgIpc) is 2.64. The molecular formula is C21H25NO8. The fourth-order valence-electron chi connectivity index (χ4n) is 2.79. The van der Waals surface area contributed by atoms with Gasteiger partial charge in [0, 0.05) is 12.0 Å². The number of carbonyl (C=O) groups excluding carboxylic acids is 1. The van der Waals surface area contributed by atoms with E-state index in [1.54, 1.807) is 32.9 Å². The lowest BCUT2D eigenvalue weighted by atomic mass is 9.97. The average molecular weight is 419 g/mol. The number of benzene rings is 2. The molecular weight excluding hydrogens is 394 g/mol. The number of phenols is 4. The van der Waals surface area contributed by atoms with E-state index < -0.39 is 46.7 Å². The van der Waals surface area contributed by atoms with Gasteiger partial charge in [0.15, 0.2) is 11.5 Å². The number of aliphatic carboxylic acids is 1. The molecule has 1 atom stereocenters. The summed E-state index contributed by atoms with van der Waals surface area (Å²) in [6.45, 7) is 6.36. The van der Waals surface area contributed by atoms with E-state index in [4.69, 9.17) is 4.74 Å². The van der Waals surface area contributed by atoms with Crippen molar-refractivity contribution in [2.24, 2.45) is 0 Å². The number of alkyl carbamates (subject to hydrolysis) is 1. The number of nitrogens with one attached hydrogen (secondary N) is 1. The molecule has 0 fully saturated rings. The van der Waals surface area contributed by atoms with Crippen molar-refractivity contribution in [1.82, 2.24) is 5.32 Å². The van der Waals surface area contributed by atoms with Gasteiger partial charge in [0.1, 0.15) is 17.4 Å². The molecule has 0 aromatic heterocycles. The molecule has 2 rings (SSSR count). The highest BCUT2D eigenvalue weighted by molar-refractivity contribution is 5.83. The first-order valence-corrected chi connectivity index (χ1v) is 9.10. The minimum absolute atomic E-state index is 0.00289. The van der Waals surface area contributed by atoms with Gasteiger partial charge in [-0.2, -0.15) is 0 Å². The number of carboxylic acids is 1. The van der Waals surface area contributed by atoms with Crippen molar-refractivity contribution in [2.45, 2.75) is 45.8 Å². The lowest BCUT2D eigenvalue weighted by molar-refractivity contribution is -0.139. The van der Waals surface area contributed by atoms with Crippen molar-refractivity contribution < 1.29 is 39.9 Å². The minimum Gasteiger partial charge on any atom is -0.507 e. The van der Waals surface area contributed by atoms with Crippen LogP contribution in [0.5, 0.6) is 23.0 Å². The van der Waals surface area contributed by atoms with Crippen LogP contribution in [0.3, 0.4) is 0 Å².